The quantitative estimate of drug-likeness (QED) is 0.180. The highest BCUT2D eigenvalue weighted by molar-refractivity contribution is 7.27. The molecule has 0 fully saturated rings. The normalized spacial score (nSPS) is 11.7. The Morgan fingerprint density at radius 3 is 1.63 bits per heavy atom. The summed E-state index contributed by atoms with van der Waals surface area (Å²) in [5.41, 5.74) is 5.33. The van der Waals surface area contributed by atoms with E-state index in [0.29, 0.717) is 17.5 Å². The maximum atomic E-state index is 5.08. The molecule has 0 saturated carbocycles. The fraction of sp³-hybridized carbons (Fsp3) is 0. The largest absolute Gasteiger partial charge is 0.208 e. The third kappa shape index (κ3) is 4.53. The molecular weight excluding hydrogens is 615 g/mol. The van der Waals surface area contributed by atoms with Gasteiger partial charge in [0, 0.05) is 42.2 Å². The van der Waals surface area contributed by atoms with E-state index in [1.54, 1.807) is 0 Å². The number of hydrogen-bond donors (Lipinski definition) is 0. The van der Waals surface area contributed by atoms with Crippen LogP contribution < -0.4 is 0 Å². The van der Waals surface area contributed by atoms with E-state index in [9.17, 15) is 0 Å². The lowest BCUT2D eigenvalue weighted by Gasteiger charge is -2.15. The Morgan fingerprint density at radius 2 is 0.898 bits per heavy atom. The van der Waals surface area contributed by atoms with Crippen LogP contribution in [0.1, 0.15) is 0 Å². The summed E-state index contributed by atoms with van der Waals surface area (Å²) in [6.45, 7) is 0. The van der Waals surface area contributed by atoms with E-state index in [4.69, 9.17) is 15.0 Å². The van der Waals surface area contributed by atoms with E-state index >= 15 is 0 Å². The van der Waals surface area contributed by atoms with Gasteiger partial charge in [-0.1, -0.05) is 152 Å². The number of fused-ring (bicyclic) bond motifs is 8. The van der Waals surface area contributed by atoms with Crippen LogP contribution in [-0.4, -0.2) is 15.0 Å². The highest BCUT2D eigenvalue weighted by Gasteiger charge is 2.19. The van der Waals surface area contributed by atoms with Crippen molar-refractivity contribution in [1.82, 2.24) is 15.0 Å². The van der Waals surface area contributed by atoms with E-state index in [-0.39, 0.29) is 0 Å². The van der Waals surface area contributed by atoms with Gasteiger partial charge in [-0.2, -0.15) is 0 Å². The molecular formula is C45H27N3S. The summed E-state index contributed by atoms with van der Waals surface area (Å²) in [5, 5.41) is 10.00. The average Bonchev–Trinajstić information content (AvgIpc) is 3.57. The lowest BCUT2D eigenvalue weighted by Crippen LogP contribution is -2.00. The molecule has 0 radical (unpaired) electrons. The van der Waals surface area contributed by atoms with Crippen LogP contribution in [0.15, 0.2) is 164 Å². The molecule has 0 N–H and O–H groups in total. The summed E-state index contributed by atoms with van der Waals surface area (Å²) in [6.07, 6.45) is 0. The Hall–Kier alpha value is -6.23. The minimum Gasteiger partial charge on any atom is -0.208 e. The summed E-state index contributed by atoms with van der Waals surface area (Å²) in [7, 11) is 0. The van der Waals surface area contributed by atoms with Crippen LogP contribution in [-0.2, 0) is 0 Å². The van der Waals surface area contributed by atoms with Crippen molar-refractivity contribution < 1.29 is 0 Å². The van der Waals surface area contributed by atoms with Gasteiger partial charge >= 0.3 is 0 Å². The smallest absolute Gasteiger partial charge is 0.164 e. The van der Waals surface area contributed by atoms with Crippen molar-refractivity contribution in [2.75, 3.05) is 0 Å². The van der Waals surface area contributed by atoms with E-state index in [0.717, 1.165) is 22.1 Å². The average molecular weight is 642 g/mol. The zero-order valence-electron chi connectivity index (χ0n) is 26.3. The van der Waals surface area contributed by atoms with Gasteiger partial charge in [0.05, 0.1) is 0 Å². The first-order valence-corrected chi connectivity index (χ1v) is 17.3. The molecule has 2 heterocycles. The van der Waals surface area contributed by atoms with Crippen LogP contribution in [0.5, 0.6) is 0 Å². The van der Waals surface area contributed by atoms with Gasteiger partial charge in [-0.05, 0) is 50.2 Å². The maximum Gasteiger partial charge on any atom is 0.164 e. The van der Waals surface area contributed by atoms with Gasteiger partial charge < -0.3 is 0 Å². The van der Waals surface area contributed by atoms with Gasteiger partial charge in [0.15, 0.2) is 17.5 Å². The summed E-state index contributed by atoms with van der Waals surface area (Å²) in [4.78, 5) is 15.1. The van der Waals surface area contributed by atoms with Crippen molar-refractivity contribution in [3.05, 3.63) is 164 Å². The molecule has 0 unspecified atom stereocenters. The molecule has 10 aromatic rings. The zero-order chi connectivity index (χ0) is 32.3. The standard InChI is InChI=1S/C45H27N3S/c1-3-14-29(15-4-1)43-46-44(30-16-5-2-6-17-30)48-45(47-43)36-23-12-20-33-34(36)21-11-22-35(33)38-27-31-26-25-28-13-7-8-18-32(28)40(31)42-41(38)37-19-9-10-24-39(37)49-42/h1-27H. The number of nitrogens with zero attached hydrogens (tertiary/aromatic N) is 3. The first-order chi connectivity index (χ1) is 24.3. The molecule has 0 bridgehead atoms. The SMILES string of the molecule is c1ccc(-c2nc(-c3ccccc3)nc(-c3cccc4c(-c5cc6ccc7ccccc7c6c6sc7ccccc7c56)cccc34)n2)cc1. The molecule has 0 saturated heterocycles. The summed E-state index contributed by atoms with van der Waals surface area (Å²) >= 11 is 1.89. The van der Waals surface area contributed by atoms with Gasteiger partial charge in [-0.25, -0.2) is 15.0 Å². The molecule has 49 heavy (non-hydrogen) atoms. The van der Waals surface area contributed by atoms with Crippen molar-refractivity contribution in [3.8, 4) is 45.3 Å². The van der Waals surface area contributed by atoms with Crippen LogP contribution in [0.25, 0.3) is 97.8 Å². The second-order valence-electron chi connectivity index (χ2n) is 12.4. The molecule has 0 atom stereocenters. The van der Waals surface area contributed by atoms with Crippen molar-refractivity contribution in [1.29, 1.82) is 0 Å². The molecule has 0 amide bonds. The predicted molar refractivity (Wildman–Crippen MR) is 207 cm³/mol. The molecule has 4 heteroatoms. The highest BCUT2D eigenvalue weighted by atomic mass is 32.1. The second-order valence-corrected chi connectivity index (χ2v) is 13.4. The Balaban J connectivity index is 1.25. The Kier molecular flexibility index (Phi) is 6.36. The fourth-order valence-electron chi connectivity index (χ4n) is 7.26. The van der Waals surface area contributed by atoms with Crippen LogP contribution >= 0.6 is 11.3 Å². The van der Waals surface area contributed by atoms with Crippen LogP contribution in [0.3, 0.4) is 0 Å². The Morgan fingerprint density at radius 1 is 0.347 bits per heavy atom. The van der Waals surface area contributed by atoms with Crippen molar-refractivity contribution >= 4 is 63.8 Å². The highest BCUT2D eigenvalue weighted by Crippen LogP contribution is 2.47. The molecule has 10 rings (SSSR count). The van der Waals surface area contributed by atoms with Crippen molar-refractivity contribution in [3.63, 3.8) is 0 Å². The van der Waals surface area contributed by atoms with Gasteiger partial charge in [-0.15, -0.1) is 11.3 Å². The van der Waals surface area contributed by atoms with Crippen LogP contribution in [0, 0.1) is 0 Å². The van der Waals surface area contributed by atoms with Crippen LogP contribution in [0.4, 0.5) is 0 Å². The molecule has 0 aliphatic heterocycles. The lowest BCUT2D eigenvalue weighted by atomic mass is 9.90. The van der Waals surface area contributed by atoms with Crippen molar-refractivity contribution in [2.45, 2.75) is 0 Å². The molecule has 2 aromatic heterocycles. The number of thiophene rings is 1. The lowest BCUT2D eigenvalue weighted by molar-refractivity contribution is 1.08. The van der Waals surface area contributed by atoms with E-state index in [1.165, 1.54) is 58.2 Å². The van der Waals surface area contributed by atoms with Gasteiger partial charge in [0.2, 0.25) is 0 Å². The summed E-state index contributed by atoms with van der Waals surface area (Å²) in [5.74, 6) is 1.98. The predicted octanol–water partition coefficient (Wildman–Crippen LogP) is 12.4. The molecule has 228 valence electrons. The fourth-order valence-corrected chi connectivity index (χ4v) is 8.56. The van der Waals surface area contributed by atoms with Gasteiger partial charge in [0.1, 0.15) is 0 Å². The third-order valence-corrected chi connectivity index (χ3v) is 10.7. The van der Waals surface area contributed by atoms with Gasteiger partial charge in [0.25, 0.3) is 0 Å². The Bertz CT molecular complexity index is 2820. The molecule has 3 nitrogen and oxygen atoms in total. The van der Waals surface area contributed by atoms with Crippen LogP contribution in [0.2, 0.25) is 0 Å². The molecule has 0 aliphatic carbocycles. The van der Waals surface area contributed by atoms with E-state index in [1.807, 2.05) is 47.7 Å². The number of rotatable bonds is 4. The second kappa shape index (κ2) is 11.2. The van der Waals surface area contributed by atoms with E-state index < -0.39 is 0 Å². The van der Waals surface area contributed by atoms with Gasteiger partial charge in [-0.3, -0.25) is 0 Å². The maximum absolute atomic E-state index is 5.08. The van der Waals surface area contributed by atoms with Crippen molar-refractivity contribution in [2.24, 2.45) is 0 Å². The topological polar surface area (TPSA) is 38.7 Å². The molecule has 8 aromatic carbocycles. The third-order valence-electron chi connectivity index (χ3n) is 9.51. The minimum atomic E-state index is 0.658. The summed E-state index contributed by atoms with van der Waals surface area (Å²) in [6, 6.07) is 57.9. The molecule has 0 aliphatic rings. The minimum absolute atomic E-state index is 0.658. The molecule has 0 spiro atoms. The summed E-state index contributed by atoms with van der Waals surface area (Å²) < 4.78 is 2.63. The number of aromatic nitrogens is 3. The number of hydrogen-bond acceptors (Lipinski definition) is 4. The Labute approximate surface area is 286 Å². The number of benzene rings is 8. The first-order valence-electron chi connectivity index (χ1n) is 16.5. The zero-order valence-corrected chi connectivity index (χ0v) is 27.2. The first kappa shape index (κ1) is 27.8. The monoisotopic (exact) mass is 641 g/mol. The van der Waals surface area contributed by atoms with E-state index in [2.05, 4.69) is 127 Å².